The molecule has 1 N–H and O–H groups in total. The summed E-state index contributed by atoms with van der Waals surface area (Å²) in [4.78, 5) is 0. The van der Waals surface area contributed by atoms with Gasteiger partial charge in [0.2, 0.25) is 0 Å². The quantitative estimate of drug-likeness (QED) is 0.926. The fourth-order valence-electron chi connectivity index (χ4n) is 1.85. The van der Waals surface area contributed by atoms with E-state index in [4.69, 9.17) is 9.47 Å². The van der Waals surface area contributed by atoms with Crippen LogP contribution in [0.4, 0.5) is 5.69 Å². The van der Waals surface area contributed by atoms with Crippen molar-refractivity contribution in [3.05, 3.63) is 22.7 Å². The van der Waals surface area contributed by atoms with Crippen LogP contribution in [0.3, 0.4) is 0 Å². The van der Waals surface area contributed by atoms with Crippen molar-refractivity contribution in [3.8, 4) is 5.75 Å². The minimum atomic E-state index is 0.483. The largest absolute Gasteiger partial charge is 0.495 e. The predicted octanol–water partition coefficient (Wildman–Crippen LogP) is 3.05. The van der Waals surface area contributed by atoms with Gasteiger partial charge in [-0.1, -0.05) is 15.9 Å². The average molecular weight is 286 g/mol. The monoisotopic (exact) mass is 285 g/mol. The summed E-state index contributed by atoms with van der Waals surface area (Å²) in [6, 6.07) is 6.48. The van der Waals surface area contributed by atoms with Gasteiger partial charge in [-0.25, -0.2) is 0 Å². The van der Waals surface area contributed by atoms with Crippen molar-refractivity contribution in [3.63, 3.8) is 0 Å². The van der Waals surface area contributed by atoms with Crippen LogP contribution in [0, 0.1) is 0 Å². The number of rotatable bonds is 3. The van der Waals surface area contributed by atoms with Crippen LogP contribution >= 0.6 is 15.9 Å². The highest BCUT2D eigenvalue weighted by molar-refractivity contribution is 9.10. The standard InChI is InChI=1S/C12H16BrNO2/c1-15-12-3-2-9(13)8-11(12)14-10-4-6-16-7-5-10/h2-3,8,10,14H,4-7H2,1H3. The van der Waals surface area contributed by atoms with Gasteiger partial charge in [0.1, 0.15) is 5.75 Å². The zero-order valence-corrected chi connectivity index (χ0v) is 10.9. The molecule has 0 radical (unpaired) electrons. The number of benzene rings is 1. The molecule has 0 amide bonds. The third-order valence-corrected chi connectivity index (χ3v) is 3.24. The molecule has 1 aromatic rings. The Balaban J connectivity index is 2.09. The number of hydrogen-bond donors (Lipinski definition) is 1. The van der Waals surface area contributed by atoms with Gasteiger partial charge in [0.15, 0.2) is 0 Å². The summed E-state index contributed by atoms with van der Waals surface area (Å²) in [5, 5.41) is 3.51. The van der Waals surface area contributed by atoms with Crippen LogP contribution in [0.25, 0.3) is 0 Å². The molecule has 0 saturated carbocycles. The number of nitrogens with one attached hydrogen (secondary N) is 1. The first-order chi connectivity index (χ1) is 7.79. The van der Waals surface area contributed by atoms with Crippen LogP contribution in [0.1, 0.15) is 12.8 Å². The van der Waals surface area contributed by atoms with Gasteiger partial charge in [-0.2, -0.15) is 0 Å². The van der Waals surface area contributed by atoms with Crippen LogP contribution in [-0.2, 0) is 4.74 Å². The molecule has 1 saturated heterocycles. The summed E-state index contributed by atoms with van der Waals surface area (Å²) < 4.78 is 11.7. The van der Waals surface area contributed by atoms with E-state index in [-0.39, 0.29) is 0 Å². The zero-order chi connectivity index (χ0) is 11.4. The van der Waals surface area contributed by atoms with Gasteiger partial charge < -0.3 is 14.8 Å². The Bertz CT molecular complexity index is 351. The van der Waals surface area contributed by atoms with E-state index in [1.54, 1.807) is 7.11 Å². The third kappa shape index (κ3) is 2.89. The van der Waals surface area contributed by atoms with E-state index in [0.717, 1.165) is 42.0 Å². The zero-order valence-electron chi connectivity index (χ0n) is 9.33. The van der Waals surface area contributed by atoms with Crippen molar-refractivity contribution in [2.24, 2.45) is 0 Å². The average Bonchev–Trinajstić information content (AvgIpc) is 2.31. The molecule has 0 spiro atoms. The lowest BCUT2D eigenvalue weighted by Gasteiger charge is -2.25. The Kier molecular flexibility index (Phi) is 4.07. The minimum Gasteiger partial charge on any atom is -0.495 e. The summed E-state index contributed by atoms with van der Waals surface area (Å²) in [6.07, 6.45) is 2.10. The summed E-state index contributed by atoms with van der Waals surface area (Å²) in [7, 11) is 1.69. The fourth-order valence-corrected chi connectivity index (χ4v) is 2.22. The molecule has 2 rings (SSSR count). The molecule has 1 aliphatic heterocycles. The Labute approximate surface area is 104 Å². The second-order valence-corrected chi connectivity index (χ2v) is 4.79. The maximum Gasteiger partial charge on any atom is 0.142 e. The molecule has 1 heterocycles. The molecular weight excluding hydrogens is 270 g/mol. The van der Waals surface area contributed by atoms with Crippen molar-refractivity contribution in [2.75, 3.05) is 25.6 Å². The first kappa shape index (κ1) is 11.7. The van der Waals surface area contributed by atoms with E-state index in [2.05, 4.69) is 21.2 Å². The van der Waals surface area contributed by atoms with E-state index in [9.17, 15) is 0 Å². The van der Waals surface area contributed by atoms with Gasteiger partial charge in [-0.15, -0.1) is 0 Å². The van der Waals surface area contributed by atoms with Gasteiger partial charge in [-0.3, -0.25) is 0 Å². The van der Waals surface area contributed by atoms with E-state index in [1.165, 1.54) is 0 Å². The third-order valence-electron chi connectivity index (χ3n) is 2.74. The van der Waals surface area contributed by atoms with Crippen LogP contribution < -0.4 is 10.1 Å². The van der Waals surface area contributed by atoms with E-state index < -0.39 is 0 Å². The highest BCUT2D eigenvalue weighted by Crippen LogP contribution is 2.29. The lowest BCUT2D eigenvalue weighted by atomic mass is 10.1. The summed E-state index contributed by atoms with van der Waals surface area (Å²) in [5.74, 6) is 0.884. The van der Waals surface area contributed by atoms with Gasteiger partial charge in [0.25, 0.3) is 0 Å². The molecule has 16 heavy (non-hydrogen) atoms. The Hall–Kier alpha value is -0.740. The molecule has 1 fully saturated rings. The molecule has 0 unspecified atom stereocenters. The molecule has 0 aromatic heterocycles. The van der Waals surface area contributed by atoms with Gasteiger partial charge in [0, 0.05) is 23.7 Å². The molecule has 0 aliphatic carbocycles. The molecule has 1 aromatic carbocycles. The van der Waals surface area contributed by atoms with E-state index in [1.807, 2.05) is 18.2 Å². The molecule has 88 valence electrons. The molecular formula is C12H16BrNO2. The number of hydrogen-bond acceptors (Lipinski definition) is 3. The number of methoxy groups -OCH3 is 1. The van der Waals surface area contributed by atoms with Crippen molar-refractivity contribution < 1.29 is 9.47 Å². The fraction of sp³-hybridized carbons (Fsp3) is 0.500. The second-order valence-electron chi connectivity index (χ2n) is 3.88. The lowest BCUT2D eigenvalue weighted by molar-refractivity contribution is 0.0904. The minimum absolute atomic E-state index is 0.483. The van der Waals surface area contributed by atoms with Crippen molar-refractivity contribution in [2.45, 2.75) is 18.9 Å². The van der Waals surface area contributed by atoms with Crippen molar-refractivity contribution >= 4 is 21.6 Å². The van der Waals surface area contributed by atoms with Gasteiger partial charge in [-0.05, 0) is 31.0 Å². The Morgan fingerprint density at radius 2 is 2.12 bits per heavy atom. The molecule has 0 atom stereocenters. The summed E-state index contributed by atoms with van der Waals surface area (Å²) in [5.41, 5.74) is 1.05. The SMILES string of the molecule is COc1ccc(Br)cc1NC1CCOCC1. The number of ether oxygens (including phenoxy) is 2. The van der Waals surface area contributed by atoms with Gasteiger partial charge in [0.05, 0.1) is 12.8 Å². The Morgan fingerprint density at radius 3 is 2.81 bits per heavy atom. The molecule has 3 nitrogen and oxygen atoms in total. The van der Waals surface area contributed by atoms with Crippen LogP contribution in [0.2, 0.25) is 0 Å². The van der Waals surface area contributed by atoms with Crippen LogP contribution in [-0.4, -0.2) is 26.4 Å². The normalized spacial score (nSPS) is 17.1. The maximum absolute atomic E-state index is 5.34. The van der Waals surface area contributed by atoms with Crippen LogP contribution in [0.15, 0.2) is 22.7 Å². The smallest absolute Gasteiger partial charge is 0.142 e. The van der Waals surface area contributed by atoms with Crippen molar-refractivity contribution in [1.29, 1.82) is 0 Å². The molecule has 4 heteroatoms. The highest BCUT2D eigenvalue weighted by atomic mass is 79.9. The Morgan fingerprint density at radius 1 is 1.38 bits per heavy atom. The summed E-state index contributed by atoms with van der Waals surface area (Å²) in [6.45, 7) is 1.68. The van der Waals surface area contributed by atoms with Gasteiger partial charge >= 0.3 is 0 Å². The van der Waals surface area contributed by atoms with Crippen LogP contribution in [0.5, 0.6) is 5.75 Å². The van der Waals surface area contributed by atoms with E-state index in [0.29, 0.717) is 6.04 Å². The second kappa shape index (κ2) is 5.55. The summed E-state index contributed by atoms with van der Waals surface area (Å²) >= 11 is 3.47. The molecule has 0 bridgehead atoms. The lowest BCUT2D eigenvalue weighted by Crippen LogP contribution is -2.27. The maximum atomic E-state index is 5.34. The highest BCUT2D eigenvalue weighted by Gasteiger charge is 2.15. The van der Waals surface area contributed by atoms with E-state index >= 15 is 0 Å². The first-order valence-corrected chi connectivity index (χ1v) is 6.26. The number of halogens is 1. The first-order valence-electron chi connectivity index (χ1n) is 5.47. The van der Waals surface area contributed by atoms with Crippen molar-refractivity contribution in [1.82, 2.24) is 0 Å². The number of anilines is 1. The molecule has 1 aliphatic rings. The predicted molar refractivity (Wildman–Crippen MR) is 68.2 cm³/mol. The topological polar surface area (TPSA) is 30.5 Å².